The molecule has 2 aromatic carbocycles. The molecule has 0 bridgehead atoms. The van der Waals surface area contributed by atoms with E-state index in [0.717, 1.165) is 28.1 Å². The van der Waals surface area contributed by atoms with Crippen molar-refractivity contribution in [2.45, 2.75) is 39.5 Å². The monoisotopic (exact) mass is 410 g/mol. The lowest BCUT2D eigenvalue weighted by Gasteiger charge is -2.10. The molecule has 0 spiro atoms. The minimum Gasteiger partial charge on any atom is -0.485 e. The Morgan fingerprint density at radius 1 is 1.03 bits per heavy atom. The maximum absolute atomic E-state index is 12.3. The summed E-state index contributed by atoms with van der Waals surface area (Å²) in [7, 11) is 1.88. The van der Waals surface area contributed by atoms with Crippen molar-refractivity contribution in [2.24, 2.45) is 7.05 Å². The summed E-state index contributed by atoms with van der Waals surface area (Å²) in [6, 6.07) is 12.1. The van der Waals surface area contributed by atoms with E-state index in [9.17, 15) is 4.79 Å². The highest BCUT2D eigenvalue weighted by molar-refractivity contribution is 7.99. The number of aromatic nitrogens is 3. The zero-order valence-electron chi connectivity index (χ0n) is 17.4. The van der Waals surface area contributed by atoms with Crippen LogP contribution in [0.3, 0.4) is 0 Å². The van der Waals surface area contributed by atoms with Crippen LogP contribution in [0.2, 0.25) is 0 Å². The van der Waals surface area contributed by atoms with Gasteiger partial charge in [-0.25, -0.2) is 0 Å². The van der Waals surface area contributed by atoms with Crippen molar-refractivity contribution in [1.29, 1.82) is 0 Å². The Bertz CT molecular complexity index is 1030. The fourth-order valence-corrected chi connectivity index (χ4v) is 3.62. The molecule has 1 N–H and O–H groups in total. The lowest BCUT2D eigenvalue weighted by molar-refractivity contribution is -0.113. The number of benzene rings is 2. The van der Waals surface area contributed by atoms with Gasteiger partial charge in [-0.3, -0.25) is 4.79 Å². The molecule has 0 atom stereocenters. The maximum atomic E-state index is 12.3. The molecule has 0 aliphatic heterocycles. The maximum Gasteiger partial charge on any atom is 0.234 e. The van der Waals surface area contributed by atoms with Gasteiger partial charge in [0.2, 0.25) is 5.91 Å². The normalized spacial score (nSPS) is 10.8. The average Bonchev–Trinajstić information content (AvgIpc) is 3.02. The third kappa shape index (κ3) is 5.38. The largest absolute Gasteiger partial charge is 0.485 e. The van der Waals surface area contributed by atoms with Gasteiger partial charge in [-0.05, 0) is 56.5 Å². The van der Waals surface area contributed by atoms with E-state index >= 15 is 0 Å². The number of carbonyl (C=O) groups is 1. The Balaban J connectivity index is 1.56. The minimum absolute atomic E-state index is 0.0696. The van der Waals surface area contributed by atoms with Gasteiger partial charge in [0.15, 0.2) is 11.0 Å². The lowest BCUT2D eigenvalue weighted by Crippen LogP contribution is -2.15. The van der Waals surface area contributed by atoms with Gasteiger partial charge in [0.1, 0.15) is 12.4 Å². The van der Waals surface area contributed by atoms with Crippen LogP contribution in [0.4, 0.5) is 5.69 Å². The van der Waals surface area contributed by atoms with E-state index in [-0.39, 0.29) is 11.7 Å². The minimum atomic E-state index is -0.0696. The van der Waals surface area contributed by atoms with E-state index in [4.69, 9.17) is 4.74 Å². The molecule has 0 saturated carbocycles. The van der Waals surface area contributed by atoms with Crippen LogP contribution in [0.5, 0.6) is 5.75 Å². The first-order valence-corrected chi connectivity index (χ1v) is 10.4. The highest BCUT2D eigenvalue weighted by Gasteiger charge is 2.13. The number of carbonyl (C=O) groups excluding carboxylic acids is 1. The molecule has 7 heteroatoms. The molecule has 0 saturated heterocycles. The smallest absolute Gasteiger partial charge is 0.234 e. The van der Waals surface area contributed by atoms with Crippen molar-refractivity contribution >= 4 is 23.4 Å². The number of nitrogens with zero attached hydrogens (tertiary/aromatic N) is 3. The lowest BCUT2D eigenvalue weighted by atomic mass is 10.1. The van der Waals surface area contributed by atoms with E-state index in [1.54, 1.807) is 0 Å². The predicted octanol–water partition coefficient (Wildman–Crippen LogP) is 4.36. The fourth-order valence-electron chi connectivity index (χ4n) is 2.89. The molecular weight excluding hydrogens is 384 g/mol. The molecule has 0 fully saturated rings. The Kier molecular flexibility index (Phi) is 6.59. The second-order valence-corrected chi connectivity index (χ2v) is 8.11. The predicted molar refractivity (Wildman–Crippen MR) is 117 cm³/mol. The van der Waals surface area contributed by atoms with Crippen LogP contribution >= 0.6 is 11.8 Å². The van der Waals surface area contributed by atoms with Crippen molar-refractivity contribution in [2.75, 3.05) is 11.1 Å². The molecule has 0 unspecified atom stereocenters. The van der Waals surface area contributed by atoms with E-state index in [2.05, 4.69) is 28.5 Å². The summed E-state index contributed by atoms with van der Waals surface area (Å²) in [5.41, 5.74) is 5.28. The van der Waals surface area contributed by atoms with Crippen LogP contribution in [-0.2, 0) is 18.4 Å². The summed E-state index contributed by atoms with van der Waals surface area (Å²) in [5, 5.41) is 12.0. The van der Waals surface area contributed by atoms with Crippen LogP contribution in [0.1, 0.15) is 28.1 Å². The van der Waals surface area contributed by atoms with Gasteiger partial charge in [-0.15, -0.1) is 10.2 Å². The number of rotatable bonds is 7. The third-order valence-corrected chi connectivity index (χ3v) is 5.63. The molecule has 0 aliphatic rings. The third-order valence-electron chi connectivity index (χ3n) is 4.61. The van der Waals surface area contributed by atoms with Gasteiger partial charge in [0, 0.05) is 12.7 Å². The van der Waals surface area contributed by atoms with Gasteiger partial charge in [0.05, 0.1) is 5.75 Å². The topological polar surface area (TPSA) is 69.0 Å². The quantitative estimate of drug-likeness (QED) is 0.586. The number of nitrogens with one attached hydrogen (secondary N) is 1. The van der Waals surface area contributed by atoms with E-state index in [1.807, 2.05) is 62.7 Å². The van der Waals surface area contributed by atoms with Gasteiger partial charge >= 0.3 is 0 Å². The molecule has 0 aliphatic carbocycles. The van der Waals surface area contributed by atoms with Gasteiger partial charge in [0.25, 0.3) is 0 Å². The van der Waals surface area contributed by atoms with Crippen molar-refractivity contribution in [3.05, 3.63) is 64.5 Å². The summed E-state index contributed by atoms with van der Waals surface area (Å²) < 4.78 is 7.75. The summed E-state index contributed by atoms with van der Waals surface area (Å²) >= 11 is 1.35. The summed E-state index contributed by atoms with van der Waals surface area (Å²) in [6.45, 7) is 8.38. The van der Waals surface area contributed by atoms with Crippen molar-refractivity contribution < 1.29 is 9.53 Å². The van der Waals surface area contributed by atoms with Gasteiger partial charge < -0.3 is 14.6 Å². The Hall–Kier alpha value is -2.80. The zero-order valence-corrected chi connectivity index (χ0v) is 18.3. The number of ether oxygens (including phenoxy) is 1. The highest BCUT2D eigenvalue weighted by Crippen LogP contribution is 2.22. The summed E-state index contributed by atoms with van der Waals surface area (Å²) in [5.74, 6) is 1.74. The number of hydrogen-bond donors (Lipinski definition) is 1. The molecule has 3 rings (SSSR count). The van der Waals surface area contributed by atoms with Crippen molar-refractivity contribution in [1.82, 2.24) is 14.8 Å². The molecular formula is C22H26N4O2S. The van der Waals surface area contributed by atoms with Crippen LogP contribution < -0.4 is 10.1 Å². The Labute approximate surface area is 175 Å². The first-order chi connectivity index (χ1) is 13.8. The second-order valence-electron chi connectivity index (χ2n) is 7.17. The number of hydrogen-bond acceptors (Lipinski definition) is 5. The standard InChI is InChI=1S/C22H26N4O2S/c1-14-7-9-19(17(4)10-14)28-12-20-24-25-22(26(20)5)29-13-21(27)23-18-11-15(2)6-8-16(18)3/h6-11H,12-13H2,1-5H3,(H,23,27). The van der Waals surface area contributed by atoms with Crippen molar-refractivity contribution in [3.63, 3.8) is 0 Å². The fraction of sp³-hybridized carbons (Fsp3) is 0.318. The van der Waals surface area contributed by atoms with Crippen LogP contribution in [0, 0.1) is 27.7 Å². The average molecular weight is 411 g/mol. The Morgan fingerprint density at radius 2 is 1.76 bits per heavy atom. The summed E-state index contributed by atoms with van der Waals surface area (Å²) in [6.07, 6.45) is 0. The molecule has 29 heavy (non-hydrogen) atoms. The summed E-state index contributed by atoms with van der Waals surface area (Å²) in [4.78, 5) is 12.3. The second kappa shape index (κ2) is 9.13. The number of amides is 1. The number of anilines is 1. The van der Waals surface area contributed by atoms with E-state index in [0.29, 0.717) is 17.6 Å². The van der Waals surface area contributed by atoms with Gasteiger partial charge in [-0.2, -0.15) is 0 Å². The molecule has 1 heterocycles. The highest BCUT2D eigenvalue weighted by atomic mass is 32.2. The number of aryl methyl sites for hydroxylation is 4. The van der Waals surface area contributed by atoms with Gasteiger partial charge in [-0.1, -0.05) is 41.6 Å². The number of thioether (sulfide) groups is 1. The first-order valence-electron chi connectivity index (χ1n) is 9.41. The van der Waals surface area contributed by atoms with Crippen LogP contribution in [0.15, 0.2) is 41.6 Å². The molecule has 3 aromatic rings. The molecule has 1 amide bonds. The van der Waals surface area contributed by atoms with Crippen molar-refractivity contribution in [3.8, 4) is 5.75 Å². The van der Waals surface area contributed by atoms with Crippen LogP contribution in [-0.4, -0.2) is 26.4 Å². The van der Waals surface area contributed by atoms with E-state index < -0.39 is 0 Å². The molecule has 1 aromatic heterocycles. The van der Waals surface area contributed by atoms with E-state index in [1.165, 1.54) is 17.3 Å². The Morgan fingerprint density at radius 3 is 2.52 bits per heavy atom. The zero-order chi connectivity index (χ0) is 21.0. The first kappa shape index (κ1) is 20.9. The SMILES string of the molecule is Cc1ccc(OCc2nnc(SCC(=O)Nc3cc(C)ccc3C)n2C)c(C)c1. The molecule has 6 nitrogen and oxygen atoms in total. The van der Waals surface area contributed by atoms with Crippen LogP contribution in [0.25, 0.3) is 0 Å². The molecule has 152 valence electrons. The molecule has 0 radical (unpaired) electrons.